The topological polar surface area (TPSA) is 112 Å². The minimum absolute atomic E-state index is 0.186. The molecule has 0 radical (unpaired) electrons. The van der Waals surface area contributed by atoms with Crippen molar-refractivity contribution in [2.45, 2.75) is 18.1 Å². The molecule has 26 heavy (non-hydrogen) atoms. The Labute approximate surface area is 148 Å². The van der Waals surface area contributed by atoms with Gasteiger partial charge < -0.3 is 29.7 Å². The standard InChI is InChI=1S/C19H19NO6/c1-20-12-5-3-2-4-10(12)18(24)16-13(23)7-14-11(17(16)20)6-15(26-14)19(25,8-21)9-22/h2-5,7,15,21-23,25H,6,8-9H2,1H3. The number of phenolic OH excluding ortho intramolecular Hbond substituents is 1. The van der Waals surface area contributed by atoms with E-state index in [0.29, 0.717) is 27.7 Å². The van der Waals surface area contributed by atoms with Crippen LogP contribution in [0, 0.1) is 0 Å². The van der Waals surface area contributed by atoms with Crippen molar-refractivity contribution in [3.8, 4) is 11.5 Å². The predicted octanol–water partition coefficient (Wildman–Crippen LogP) is 0.416. The van der Waals surface area contributed by atoms with E-state index in [1.807, 2.05) is 16.7 Å². The lowest BCUT2D eigenvalue weighted by atomic mass is 9.93. The van der Waals surface area contributed by atoms with Crippen molar-refractivity contribution in [2.24, 2.45) is 7.05 Å². The SMILES string of the molecule is Cn1c2ccccc2c(=O)c2c(O)cc3c(c21)CC(C(O)(CO)CO)O3. The van der Waals surface area contributed by atoms with Gasteiger partial charge >= 0.3 is 0 Å². The highest BCUT2D eigenvalue weighted by Gasteiger charge is 2.43. The number of para-hydroxylation sites is 1. The summed E-state index contributed by atoms with van der Waals surface area (Å²) in [7, 11) is 1.79. The van der Waals surface area contributed by atoms with E-state index in [-0.39, 0.29) is 23.0 Å². The van der Waals surface area contributed by atoms with Crippen molar-refractivity contribution in [3.63, 3.8) is 0 Å². The molecule has 1 atom stereocenters. The Kier molecular flexibility index (Phi) is 3.69. The third kappa shape index (κ3) is 2.14. The first kappa shape index (κ1) is 16.8. The minimum atomic E-state index is -1.82. The number of fused-ring (bicyclic) bond motifs is 4. The van der Waals surface area contributed by atoms with Gasteiger partial charge in [0.05, 0.1) is 29.6 Å². The molecule has 1 aliphatic rings. The molecule has 0 saturated heterocycles. The third-order valence-electron chi connectivity index (χ3n) is 5.22. The summed E-state index contributed by atoms with van der Waals surface area (Å²) in [5.74, 6) is 0.118. The van der Waals surface area contributed by atoms with Crippen LogP contribution in [-0.2, 0) is 13.5 Å². The largest absolute Gasteiger partial charge is 0.507 e. The monoisotopic (exact) mass is 357 g/mol. The molecule has 0 spiro atoms. The minimum Gasteiger partial charge on any atom is -0.507 e. The van der Waals surface area contributed by atoms with Gasteiger partial charge in [0.25, 0.3) is 0 Å². The van der Waals surface area contributed by atoms with Crippen LogP contribution in [0.25, 0.3) is 21.8 Å². The number of pyridine rings is 1. The third-order valence-corrected chi connectivity index (χ3v) is 5.22. The Morgan fingerprint density at radius 3 is 2.65 bits per heavy atom. The summed E-state index contributed by atoms with van der Waals surface area (Å²) in [6, 6.07) is 8.47. The molecule has 3 aromatic rings. The lowest BCUT2D eigenvalue weighted by Crippen LogP contribution is -2.51. The zero-order valence-electron chi connectivity index (χ0n) is 14.1. The lowest BCUT2D eigenvalue weighted by Gasteiger charge is -2.29. The molecule has 0 fully saturated rings. The highest BCUT2D eigenvalue weighted by atomic mass is 16.5. The van der Waals surface area contributed by atoms with Crippen LogP contribution in [0.2, 0.25) is 0 Å². The van der Waals surface area contributed by atoms with Crippen LogP contribution in [0.4, 0.5) is 0 Å². The van der Waals surface area contributed by atoms with Crippen molar-refractivity contribution < 1.29 is 25.2 Å². The zero-order chi connectivity index (χ0) is 18.6. The maximum absolute atomic E-state index is 12.9. The molecule has 0 saturated carbocycles. The van der Waals surface area contributed by atoms with Gasteiger partial charge in [-0.1, -0.05) is 12.1 Å². The Balaban J connectivity index is 2.04. The molecule has 136 valence electrons. The number of aliphatic hydroxyl groups is 3. The summed E-state index contributed by atoms with van der Waals surface area (Å²) in [6.45, 7) is -1.35. The zero-order valence-corrected chi connectivity index (χ0v) is 14.1. The molecule has 7 heteroatoms. The molecule has 0 bridgehead atoms. The Bertz CT molecular complexity index is 1080. The highest BCUT2D eigenvalue weighted by molar-refractivity contribution is 5.99. The average molecular weight is 357 g/mol. The molecule has 0 aliphatic carbocycles. The fourth-order valence-corrected chi connectivity index (χ4v) is 3.72. The number of benzene rings is 2. The maximum Gasteiger partial charge on any atom is 0.200 e. The Morgan fingerprint density at radius 1 is 1.27 bits per heavy atom. The van der Waals surface area contributed by atoms with Gasteiger partial charge in [-0.3, -0.25) is 4.79 Å². The fraction of sp³-hybridized carbons (Fsp3) is 0.316. The number of rotatable bonds is 3. The first-order chi connectivity index (χ1) is 12.4. The fourth-order valence-electron chi connectivity index (χ4n) is 3.72. The van der Waals surface area contributed by atoms with Crippen molar-refractivity contribution in [1.29, 1.82) is 0 Å². The number of phenols is 1. The number of nitrogens with zero attached hydrogens (tertiary/aromatic N) is 1. The second-order valence-corrected chi connectivity index (χ2v) is 6.73. The first-order valence-corrected chi connectivity index (χ1v) is 8.28. The van der Waals surface area contributed by atoms with Gasteiger partial charge in [-0.05, 0) is 12.1 Å². The van der Waals surface area contributed by atoms with Crippen LogP contribution in [0.3, 0.4) is 0 Å². The number of hydrogen-bond acceptors (Lipinski definition) is 6. The molecule has 2 heterocycles. The van der Waals surface area contributed by atoms with E-state index in [0.717, 1.165) is 0 Å². The summed E-state index contributed by atoms with van der Waals surface area (Å²) in [5, 5.41) is 40.4. The second-order valence-electron chi connectivity index (χ2n) is 6.73. The van der Waals surface area contributed by atoms with Gasteiger partial charge in [-0.25, -0.2) is 0 Å². The van der Waals surface area contributed by atoms with E-state index < -0.39 is 24.9 Å². The lowest BCUT2D eigenvalue weighted by molar-refractivity contribution is -0.115. The number of aromatic nitrogens is 1. The van der Waals surface area contributed by atoms with E-state index in [2.05, 4.69) is 0 Å². The quantitative estimate of drug-likeness (QED) is 0.506. The van der Waals surface area contributed by atoms with E-state index >= 15 is 0 Å². The van der Waals surface area contributed by atoms with Crippen LogP contribution in [0.15, 0.2) is 35.1 Å². The number of aliphatic hydroxyl groups excluding tert-OH is 2. The number of aromatic hydroxyl groups is 1. The Hall–Kier alpha value is -2.61. The van der Waals surface area contributed by atoms with Gasteiger partial charge in [-0.2, -0.15) is 0 Å². The molecule has 7 nitrogen and oxygen atoms in total. The van der Waals surface area contributed by atoms with Crippen LogP contribution in [0.1, 0.15) is 5.56 Å². The molecule has 1 aliphatic heterocycles. The molecule has 0 amide bonds. The van der Waals surface area contributed by atoms with Gasteiger partial charge in [0.2, 0.25) is 5.43 Å². The van der Waals surface area contributed by atoms with Gasteiger partial charge in [-0.15, -0.1) is 0 Å². The van der Waals surface area contributed by atoms with Gasteiger partial charge in [0, 0.05) is 30.5 Å². The molecule has 2 aromatic carbocycles. The Morgan fingerprint density at radius 2 is 1.96 bits per heavy atom. The molecule has 4 rings (SSSR count). The predicted molar refractivity (Wildman–Crippen MR) is 95.6 cm³/mol. The van der Waals surface area contributed by atoms with Crippen molar-refractivity contribution in [1.82, 2.24) is 4.57 Å². The van der Waals surface area contributed by atoms with Gasteiger partial charge in [0.15, 0.2) is 0 Å². The number of hydrogen-bond donors (Lipinski definition) is 4. The molecule has 1 unspecified atom stereocenters. The van der Waals surface area contributed by atoms with E-state index in [1.54, 1.807) is 19.2 Å². The summed E-state index contributed by atoms with van der Waals surface area (Å²) in [4.78, 5) is 12.9. The molecule has 1 aromatic heterocycles. The number of aryl methyl sites for hydroxylation is 1. The van der Waals surface area contributed by atoms with Crippen molar-refractivity contribution in [2.75, 3.05) is 13.2 Å². The summed E-state index contributed by atoms with van der Waals surface area (Å²) in [5.41, 5.74) is -0.229. The maximum atomic E-state index is 12.9. The van der Waals surface area contributed by atoms with Crippen LogP contribution >= 0.6 is 0 Å². The molecular formula is C19H19NO6. The average Bonchev–Trinajstić information content (AvgIpc) is 3.08. The molecule has 4 N–H and O–H groups in total. The summed E-state index contributed by atoms with van der Waals surface area (Å²) in [6.07, 6.45) is -0.700. The van der Waals surface area contributed by atoms with E-state index in [4.69, 9.17) is 4.74 Å². The van der Waals surface area contributed by atoms with Crippen molar-refractivity contribution in [3.05, 3.63) is 46.1 Å². The second kappa shape index (κ2) is 5.70. The molecular weight excluding hydrogens is 338 g/mol. The summed E-state index contributed by atoms with van der Waals surface area (Å²) < 4.78 is 7.52. The van der Waals surface area contributed by atoms with Crippen LogP contribution in [-0.4, -0.2) is 49.9 Å². The van der Waals surface area contributed by atoms with Gasteiger partial charge in [0.1, 0.15) is 23.2 Å². The van der Waals surface area contributed by atoms with Crippen LogP contribution in [0.5, 0.6) is 11.5 Å². The first-order valence-electron chi connectivity index (χ1n) is 8.28. The highest BCUT2D eigenvalue weighted by Crippen LogP contribution is 2.41. The van der Waals surface area contributed by atoms with E-state index in [9.17, 15) is 25.2 Å². The number of ether oxygens (including phenoxy) is 1. The van der Waals surface area contributed by atoms with Crippen molar-refractivity contribution >= 4 is 21.8 Å². The normalized spacial score (nSPS) is 16.8. The van der Waals surface area contributed by atoms with Crippen LogP contribution < -0.4 is 10.2 Å². The smallest absolute Gasteiger partial charge is 0.200 e. The summed E-state index contributed by atoms with van der Waals surface area (Å²) >= 11 is 0. The van der Waals surface area contributed by atoms with E-state index in [1.165, 1.54) is 6.07 Å².